The number of amides is 1. The van der Waals surface area contributed by atoms with E-state index in [9.17, 15) is 14.7 Å². The van der Waals surface area contributed by atoms with E-state index in [-0.39, 0.29) is 36.4 Å². The maximum Gasteiger partial charge on any atom is 0.344 e. The van der Waals surface area contributed by atoms with E-state index in [1.807, 2.05) is 77.2 Å². The predicted octanol–water partition coefficient (Wildman–Crippen LogP) is 6.54. The summed E-state index contributed by atoms with van der Waals surface area (Å²) in [6.07, 6.45) is 7.03. The molecular formula is C31H33N3O4S. The number of benzene rings is 2. The van der Waals surface area contributed by atoms with Gasteiger partial charge in [-0.15, -0.1) is 0 Å². The zero-order valence-corrected chi connectivity index (χ0v) is 23.3. The minimum Gasteiger partial charge on any atom is -0.506 e. The van der Waals surface area contributed by atoms with Crippen molar-refractivity contribution in [2.24, 2.45) is 4.99 Å². The van der Waals surface area contributed by atoms with Crippen LogP contribution in [0.15, 0.2) is 76.0 Å². The van der Waals surface area contributed by atoms with Gasteiger partial charge in [-0.2, -0.15) is 0 Å². The molecule has 2 aliphatic heterocycles. The van der Waals surface area contributed by atoms with Gasteiger partial charge in [-0.1, -0.05) is 47.7 Å². The van der Waals surface area contributed by atoms with Crippen molar-refractivity contribution in [3.05, 3.63) is 82.1 Å². The van der Waals surface area contributed by atoms with E-state index in [2.05, 4.69) is 11.9 Å². The number of aromatic nitrogens is 1. The molecule has 1 fully saturated rings. The molecule has 1 aromatic heterocycles. The maximum absolute atomic E-state index is 13.2. The normalized spacial score (nSPS) is 19.9. The number of nitrogens with zero attached hydrogens (tertiary/aromatic N) is 3. The zero-order chi connectivity index (χ0) is 27.5. The number of rotatable bonds is 6. The summed E-state index contributed by atoms with van der Waals surface area (Å²) in [6.45, 7) is 7.07. The Morgan fingerprint density at radius 1 is 1.15 bits per heavy atom. The van der Waals surface area contributed by atoms with E-state index in [0.717, 1.165) is 47.8 Å². The number of thioether (sulfide) groups is 1. The van der Waals surface area contributed by atoms with Crippen LogP contribution in [0.1, 0.15) is 44.2 Å². The highest BCUT2D eigenvalue weighted by Crippen LogP contribution is 2.41. The van der Waals surface area contributed by atoms with Crippen LogP contribution in [-0.2, 0) is 20.9 Å². The zero-order valence-electron chi connectivity index (χ0n) is 22.5. The molecule has 5 rings (SSSR count). The van der Waals surface area contributed by atoms with Gasteiger partial charge in [0.15, 0.2) is 0 Å². The Morgan fingerprint density at radius 2 is 1.92 bits per heavy atom. The molecule has 3 aromatic rings. The summed E-state index contributed by atoms with van der Waals surface area (Å²) in [6, 6.07) is 15.8. The standard InChI is InChI=1S/C31H33N3O4S/c1-4-38-31(37)28-29(36)26(39-30(28)32-23-14-12-20(2)13-15-23)17-22-18-33(25-11-6-5-10-24(22)25)19-27(35)34-16-8-7-9-21(34)3/h5-6,10-15,17-18,21,36H,4,7-9,16,19H2,1-3H3/b26-17-,32-30?/t21-/m0/s1. The number of aliphatic hydroxyl groups is 1. The molecule has 0 aliphatic carbocycles. The van der Waals surface area contributed by atoms with Crippen LogP contribution in [-0.4, -0.2) is 50.7 Å². The summed E-state index contributed by atoms with van der Waals surface area (Å²) in [4.78, 5) is 33.2. The smallest absolute Gasteiger partial charge is 0.344 e. The number of carbonyl (C=O) groups is 2. The van der Waals surface area contributed by atoms with Gasteiger partial charge in [-0.25, -0.2) is 9.79 Å². The van der Waals surface area contributed by atoms with E-state index in [0.29, 0.717) is 15.6 Å². The van der Waals surface area contributed by atoms with Crippen molar-refractivity contribution in [2.75, 3.05) is 13.2 Å². The van der Waals surface area contributed by atoms with Crippen molar-refractivity contribution < 1.29 is 19.4 Å². The molecular weight excluding hydrogens is 510 g/mol. The number of ether oxygens (including phenoxy) is 1. The number of hydrogen-bond donors (Lipinski definition) is 1. The van der Waals surface area contributed by atoms with E-state index >= 15 is 0 Å². The molecule has 39 heavy (non-hydrogen) atoms. The Hall–Kier alpha value is -3.78. The van der Waals surface area contributed by atoms with E-state index in [1.165, 1.54) is 11.8 Å². The van der Waals surface area contributed by atoms with Crippen LogP contribution in [0, 0.1) is 6.92 Å². The lowest BCUT2D eigenvalue weighted by molar-refractivity contribution is -0.138. The summed E-state index contributed by atoms with van der Waals surface area (Å²) in [7, 11) is 0. The Balaban J connectivity index is 1.51. The molecule has 3 heterocycles. The molecule has 0 spiro atoms. The molecule has 0 bridgehead atoms. The average molecular weight is 544 g/mol. The molecule has 2 aliphatic rings. The van der Waals surface area contributed by atoms with E-state index in [1.54, 1.807) is 6.92 Å². The van der Waals surface area contributed by atoms with Crippen LogP contribution >= 0.6 is 11.8 Å². The van der Waals surface area contributed by atoms with E-state index < -0.39 is 5.97 Å². The number of fused-ring (bicyclic) bond motifs is 1. The highest BCUT2D eigenvalue weighted by Gasteiger charge is 2.33. The third-order valence-electron chi connectivity index (χ3n) is 7.17. The Kier molecular flexibility index (Phi) is 7.93. The third-order valence-corrected chi connectivity index (χ3v) is 8.19. The number of esters is 1. The fourth-order valence-electron chi connectivity index (χ4n) is 5.10. The Bertz CT molecular complexity index is 1500. The average Bonchev–Trinajstić information content (AvgIpc) is 3.42. The molecule has 1 atom stereocenters. The highest BCUT2D eigenvalue weighted by molar-refractivity contribution is 8.18. The van der Waals surface area contributed by atoms with Crippen LogP contribution in [0.5, 0.6) is 0 Å². The molecule has 0 unspecified atom stereocenters. The number of para-hydroxylation sites is 1. The van der Waals surface area contributed by atoms with Gasteiger partial charge in [-0.05, 0) is 64.3 Å². The molecule has 1 N–H and O–H groups in total. The molecule has 7 nitrogen and oxygen atoms in total. The highest BCUT2D eigenvalue weighted by atomic mass is 32.2. The van der Waals surface area contributed by atoms with Crippen molar-refractivity contribution >= 4 is 51.3 Å². The van der Waals surface area contributed by atoms with Gasteiger partial charge < -0.3 is 19.3 Å². The fraction of sp³-hybridized carbons (Fsp3) is 0.323. The second-order valence-electron chi connectivity index (χ2n) is 9.97. The Morgan fingerprint density at radius 3 is 2.67 bits per heavy atom. The second kappa shape index (κ2) is 11.5. The minimum atomic E-state index is -0.611. The summed E-state index contributed by atoms with van der Waals surface area (Å²) in [5.74, 6) is -0.656. The Labute approximate surface area is 232 Å². The van der Waals surface area contributed by atoms with Crippen LogP contribution < -0.4 is 0 Å². The number of carbonyl (C=O) groups excluding carboxylic acids is 2. The monoisotopic (exact) mass is 543 g/mol. The predicted molar refractivity (Wildman–Crippen MR) is 157 cm³/mol. The maximum atomic E-state index is 13.2. The largest absolute Gasteiger partial charge is 0.506 e. The summed E-state index contributed by atoms with van der Waals surface area (Å²) in [5.41, 5.74) is 3.63. The van der Waals surface area contributed by atoms with Gasteiger partial charge in [0.1, 0.15) is 22.9 Å². The number of likely N-dealkylation sites (tertiary alicyclic amines) is 1. The first-order chi connectivity index (χ1) is 18.9. The van der Waals surface area contributed by atoms with Crippen molar-refractivity contribution in [3.63, 3.8) is 0 Å². The van der Waals surface area contributed by atoms with Crippen LogP contribution in [0.25, 0.3) is 17.0 Å². The number of aryl methyl sites for hydroxylation is 1. The number of aliphatic imine (C=N–C) groups is 1. The van der Waals surface area contributed by atoms with Crippen molar-refractivity contribution in [1.29, 1.82) is 0 Å². The topological polar surface area (TPSA) is 84.1 Å². The first-order valence-corrected chi connectivity index (χ1v) is 14.2. The molecule has 0 radical (unpaired) electrons. The lowest BCUT2D eigenvalue weighted by Crippen LogP contribution is -2.43. The van der Waals surface area contributed by atoms with Gasteiger partial charge in [0.25, 0.3) is 0 Å². The van der Waals surface area contributed by atoms with Crippen molar-refractivity contribution in [1.82, 2.24) is 9.47 Å². The minimum absolute atomic E-state index is 0.0617. The molecule has 1 saturated heterocycles. The SMILES string of the molecule is CCOC(=O)C1=C(O)/C(=C/c2cn(CC(=O)N3CCCC[C@@H]3C)c3ccccc23)SC1=Nc1ccc(C)cc1. The molecule has 202 valence electrons. The van der Waals surface area contributed by atoms with Crippen LogP contribution in [0.2, 0.25) is 0 Å². The first kappa shape index (κ1) is 26.8. The van der Waals surface area contributed by atoms with Crippen molar-refractivity contribution in [2.45, 2.75) is 52.6 Å². The van der Waals surface area contributed by atoms with E-state index in [4.69, 9.17) is 4.74 Å². The summed E-state index contributed by atoms with van der Waals surface area (Å²) >= 11 is 1.23. The molecule has 0 saturated carbocycles. The fourth-order valence-corrected chi connectivity index (χ4v) is 6.12. The number of piperidine rings is 1. The quantitative estimate of drug-likeness (QED) is 0.357. The number of hydrogen-bond acceptors (Lipinski definition) is 6. The summed E-state index contributed by atoms with van der Waals surface area (Å²) < 4.78 is 7.21. The van der Waals surface area contributed by atoms with Gasteiger partial charge in [0.2, 0.25) is 5.91 Å². The number of aliphatic hydroxyl groups excluding tert-OH is 1. The van der Waals surface area contributed by atoms with Crippen molar-refractivity contribution in [3.8, 4) is 0 Å². The van der Waals surface area contributed by atoms with Gasteiger partial charge in [-0.3, -0.25) is 4.79 Å². The summed E-state index contributed by atoms with van der Waals surface area (Å²) in [5, 5.41) is 12.5. The van der Waals surface area contributed by atoms with Crippen LogP contribution in [0.3, 0.4) is 0 Å². The molecule has 8 heteroatoms. The first-order valence-electron chi connectivity index (χ1n) is 13.4. The molecule has 2 aromatic carbocycles. The van der Waals surface area contributed by atoms with Gasteiger partial charge in [0.05, 0.1) is 17.2 Å². The van der Waals surface area contributed by atoms with Gasteiger partial charge >= 0.3 is 5.97 Å². The second-order valence-corrected chi connectivity index (χ2v) is 11.0. The lowest BCUT2D eigenvalue weighted by Gasteiger charge is -2.33. The lowest BCUT2D eigenvalue weighted by atomic mass is 10.0. The molecule has 1 amide bonds. The van der Waals surface area contributed by atoms with Gasteiger partial charge in [0, 0.05) is 35.2 Å². The van der Waals surface area contributed by atoms with Crippen LogP contribution in [0.4, 0.5) is 5.69 Å². The third kappa shape index (κ3) is 5.66.